The van der Waals surface area contributed by atoms with Gasteiger partial charge in [0.05, 0.1) is 4.75 Å². The molecule has 1 saturated heterocycles. The van der Waals surface area contributed by atoms with E-state index in [1.54, 1.807) is 20.8 Å². The molecule has 0 saturated carbocycles. The Hall–Kier alpha value is -1.81. The molecule has 0 spiro atoms. The fourth-order valence-electron chi connectivity index (χ4n) is 2.44. The van der Waals surface area contributed by atoms with Crippen molar-refractivity contribution in [1.82, 2.24) is 9.62 Å². The average molecular weight is 393 g/mol. The molecule has 0 aromatic heterocycles. The minimum Gasteiger partial charge on any atom is -0.324 e. The molecule has 1 aromatic carbocycles. The van der Waals surface area contributed by atoms with Crippen molar-refractivity contribution in [1.29, 1.82) is 0 Å². The number of urea groups is 1. The number of nitrogens with one attached hydrogen (secondary N) is 2. The molecule has 1 aliphatic rings. The summed E-state index contributed by atoms with van der Waals surface area (Å²) in [7, 11) is -3.50. The van der Waals surface area contributed by atoms with Crippen LogP contribution in [0.2, 0.25) is 0 Å². The number of hydrogen-bond donors (Lipinski definition) is 2. The molecule has 1 fully saturated rings. The fourth-order valence-corrected chi connectivity index (χ4v) is 3.47. The molecule has 0 bridgehead atoms. The minimum absolute atomic E-state index is 0.216. The first-order valence-electron chi connectivity index (χ1n) is 8.13. The average Bonchev–Trinajstić information content (AvgIpc) is 2.50. The number of likely N-dealkylation sites (tertiary alicyclic amines) is 1. The summed E-state index contributed by atoms with van der Waals surface area (Å²) in [6, 6.07) is -0.0904. The van der Waals surface area contributed by atoms with Gasteiger partial charge in [0.2, 0.25) is 10.0 Å². The molecule has 146 valence electrons. The van der Waals surface area contributed by atoms with Gasteiger partial charge in [0.15, 0.2) is 11.6 Å². The van der Waals surface area contributed by atoms with E-state index in [9.17, 15) is 26.4 Å². The number of benzene rings is 1. The predicted octanol–water partition coefficient (Wildman–Crippen LogP) is 2.82. The molecule has 2 rings (SSSR count). The van der Waals surface area contributed by atoms with Crippen molar-refractivity contribution in [3.05, 3.63) is 29.6 Å². The third-order valence-corrected chi connectivity index (χ3v) is 6.40. The topological polar surface area (TPSA) is 78.5 Å². The van der Waals surface area contributed by atoms with E-state index in [2.05, 4.69) is 10.0 Å². The minimum atomic E-state index is -3.50. The van der Waals surface area contributed by atoms with Gasteiger partial charge in [-0.2, -0.15) is 0 Å². The number of rotatable bonds is 3. The Labute approximate surface area is 150 Å². The lowest BCUT2D eigenvalue weighted by atomic mass is 10.1. The van der Waals surface area contributed by atoms with Crippen molar-refractivity contribution < 1.29 is 26.4 Å². The highest BCUT2D eigenvalue weighted by atomic mass is 32.2. The molecule has 26 heavy (non-hydrogen) atoms. The molecule has 0 radical (unpaired) electrons. The number of halogens is 3. The molecule has 6 nitrogen and oxygen atoms in total. The Balaban J connectivity index is 1.95. The maximum atomic E-state index is 13.6. The highest BCUT2D eigenvalue weighted by Gasteiger charge is 2.33. The Morgan fingerprint density at radius 1 is 1.12 bits per heavy atom. The van der Waals surface area contributed by atoms with Crippen molar-refractivity contribution >= 4 is 21.7 Å². The van der Waals surface area contributed by atoms with Crippen molar-refractivity contribution in [2.24, 2.45) is 0 Å². The molecule has 1 aliphatic heterocycles. The van der Waals surface area contributed by atoms with Crippen molar-refractivity contribution in [2.75, 3.05) is 18.4 Å². The molecule has 0 unspecified atom stereocenters. The van der Waals surface area contributed by atoms with Gasteiger partial charge in [-0.3, -0.25) is 0 Å². The van der Waals surface area contributed by atoms with Crippen LogP contribution in [0, 0.1) is 17.5 Å². The monoisotopic (exact) mass is 393 g/mol. The Bertz CT molecular complexity index is 763. The SMILES string of the molecule is CC(C)(C)S(=O)(=O)NC1CCN(C(=O)Nc2c(F)cc(F)cc2F)CC1. The van der Waals surface area contributed by atoms with Crippen LogP contribution in [0.5, 0.6) is 0 Å². The molecule has 2 amide bonds. The lowest BCUT2D eigenvalue weighted by Crippen LogP contribution is -2.50. The Kier molecular flexibility index (Phi) is 5.86. The molecule has 2 N–H and O–H groups in total. The number of sulfonamides is 1. The van der Waals surface area contributed by atoms with Crippen molar-refractivity contribution in [3.8, 4) is 0 Å². The molecule has 1 aromatic rings. The summed E-state index contributed by atoms with van der Waals surface area (Å²) < 4.78 is 66.1. The van der Waals surface area contributed by atoms with Crippen LogP contribution >= 0.6 is 0 Å². The summed E-state index contributed by atoms with van der Waals surface area (Å²) in [4.78, 5) is 13.5. The zero-order chi connectivity index (χ0) is 19.7. The molecule has 10 heteroatoms. The summed E-state index contributed by atoms with van der Waals surface area (Å²) in [5, 5.41) is 2.09. The van der Waals surface area contributed by atoms with E-state index in [1.807, 2.05) is 0 Å². The second-order valence-electron chi connectivity index (χ2n) is 7.17. The third-order valence-electron chi connectivity index (χ3n) is 4.15. The van der Waals surface area contributed by atoms with E-state index in [0.717, 1.165) is 0 Å². The number of anilines is 1. The normalized spacial score (nSPS) is 16.6. The number of carbonyl (C=O) groups excluding carboxylic acids is 1. The van der Waals surface area contributed by atoms with Gasteiger partial charge in [-0.25, -0.2) is 31.1 Å². The van der Waals surface area contributed by atoms with Crippen LogP contribution in [0.1, 0.15) is 33.6 Å². The van der Waals surface area contributed by atoms with Crippen LogP contribution in [-0.2, 0) is 10.0 Å². The zero-order valence-corrected chi connectivity index (χ0v) is 15.6. The van der Waals surface area contributed by atoms with Gasteiger partial charge in [-0.05, 0) is 33.6 Å². The van der Waals surface area contributed by atoms with Gasteiger partial charge in [0.1, 0.15) is 11.5 Å². The first-order chi connectivity index (χ1) is 11.9. The van der Waals surface area contributed by atoms with Crippen LogP contribution in [0.4, 0.5) is 23.7 Å². The second-order valence-corrected chi connectivity index (χ2v) is 9.64. The maximum absolute atomic E-state index is 13.6. The molecule has 1 heterocycles. The largest absolute Gasteiger partial charge is 0.324 e. The van der Waals surface area contributed by atoms with Gasteiger partial charge >= 0.3 is 6.03 Å². The van der Waals surface area contributed by atoms with E-state index in [1.165, 1.54) is 4.90 Å². The quantitative estimate of drug-likeness (QED) is 0.829. The van der Waals surface area contributed by atoms with Crippen LogP contribution < -0.4 is 10.0 Å². The molecule has 0 aliphatic carbocycles. The molecule has 0 atom stereocenters. The van der Waals surface area contributed by atoms with E-state index in [4.69, 9.17) is 0 Å². The highest BCUT2D eigenvalue weighted by molar-refractivity contribution is 7.90. The number of hydrogen-bond acceptors (Lipinski definition) is 3. The van der Waals surface area contributed by atoms with E-state index >= 15 is 0 Å². The van der Waals surface area contributed by atoms with Gasteiger partial charge in [-0.15, -0.1) is 0 Å². The van der Waals surface area contributed by atoms with Crippen LogP contribution in [0.3, 0.4) is 0 Å². The van der Waals surface area contributed by atoms with Gasteiger partial charge in [-0.1, -0.05) is 0 Å². The number of piperidine rings is 1. The number of amides is 2. The maximum Gasteiger partial charge on any atom is 0.322 e. The Morgan fingerprint density at radius 3 is 2.08 bits per heavy atom. The predicted molar refractivity (Wildman–Crippen MR) is 91.7 cm³/mol. The smallest absolute Gasteiger partial charge is 0.322 e. The first kappa shape index (κ1) is 20.5. The highest BCUT2D eigenvalue weighted by Crippen LogP contribution is 2.22. The fraction of sp³-hybridized carbons (Fsp3) is 0.562. The van der Waals surface area contributed by atoms with Crippen LogP contribution in [0.15, 0.2) is 12.1 Å². The zero-order valence-electron chi connectivity index (χ0n) is 14.8. The lowest BCUT2D eigenvalue weighted by Gasteiger charge is -2.33. The molecular formula is C16H22F3N3O3S. The lowest BCUT2D eigenvalue weighted by molar-refractivity contribution is 0.192. The van der Waals surface area contributed by atoms with Gasteiger partial charge in [0, 0.05) is 31.3 Å². The second kappa shape index (κ2) is 7.43. The van der Waals surface area contributed by atoms with Crippen LogP contribution in [-0.4, -0.2) is 43.2 Å². The van der Waals surface area contributed by atoms with Crippen molar-refractivity contribution in [3.63, 3.8) is 0 Å². The Morgan fingerprint density at radius 2 is 1.62 bits per heavy atom. The summed E-state index contributed by atoms with van der Waals surface area (Å²) in [6.07, 6.45) is 0.744. The van der Waals surface area contributed by atoms with Gasteiger partial charge in [0.25, 0.3) is 0 Å². The summed E-state index contributed by atoms with van der Waals surface area (Å²) in [6.45, 7) is 5.19. The summed E-state index contributed by atoms with van der Waals surface area (Å²) in [5.74, 6) is -3.49. The first-order valence-corrected chi connectivity index (χ1v) is 9.61. The number of nitrogens with zero attached hydrogens (tertiary/aromatic N) is 1. The standard InChI is InChI=1S/C16H22F3N3O3S/c1-16(2,3)26(24,25)21-11-4-6-22(7-5-11)15(23)20-14-12(18)8-10(17)9-13(14)19/h8-9,11,21H,4-7H2,1-3H3,(H,20,23). The third kappa shape index (κ3) is 4.67. The number of carbonyl (C=O) groups is 1. The summed E-state index contributed by atoms with van der Waals surface area (Å²) >= 11 is 0. The van der Waals surface area contributed by atoms with Crippen molar-refractivity contribution in [2.45, 2.75) is 44.4 Å². The molecular weight excluding hydrogens is 371 g/mol. The van der Waals surface area contributed by atoms with E-state index < -0.39 is 43.9 Å². The van der Waals surface area contributed by atoms with E-state index in [0.29, 0.717) is 25.0 Å². The van der Waals surface area contributed by atoms with E-state index in [-0.39, 0.29) is 19.1 Å². The summed E-state index contributed by atoms with van der Waals surface area (Å²) in [5.41, 5.74) is -0.716. The van der Waals surface area contributed by atoms with Crippen LogP contribution in [0.25, 0.3) is 0 Å². The van der Waals surface area contributed by atoms with Gasteiger partial charge < -0.3 is 10.2 Å².